The first-order valence-corrected chi connectivity index (χ1v) is 5.11. The largest absolute Gasteiger partial charge is 0.574 e. The summed E-state index contributed by atoms with van der Waals surface area (Å²) in [5.41, 5.74) is -1.14. The average molecular weight is 294 g/mol. The van der Waals surface area contributed by atoms with Crippen LogP contribution in [0.5, 0.6) is 5.88 Å². The van der Waals surface area contributed by atoms with Crippen molar-refractivity contribution in [1.82, 2.24) is 4.98 Å². The summed E-state index contributed by atoms with van der Waals surface area (Å²) >= 11 is 0. The van der Waals surface area contributed by atoms with Gasteiger partial charge in [0, 0.05) is 5.56 Å². The highest BCUT2D eigenvalue weighted by Crippen LogP contribution is 2.33. The number of hydrogen-bond donors (Lipinski definition) is 0. The highest BCUT2D eigenvalue weighted by Gasteiger charge is 2.36. The molecule has 0 fully saturated rings. The van der Waals surface area contributed by atoms with Crippen LogP contribution in [-0.4, -0.2) is 29.3 Å². The molecule has 110 valence electrons. The normalized spacial score (nSPS) is 11.1. The van der Waals surface area contributed by atoms with Crippen LogP contribution in [0.1, 0.15) is 11.3 Å². The average Bonchev–Trinajstić information content (AvgIpc) is 2.25. The van der Waals surface area contributed by atoms with Gasteiger partial charge in [-0.1, -0.05) is 0 Å². The van der Waals surface area contributed by atoms with Crippen LogP contribution < -0.4 is 4.74 Å². The second kappa shape index (κ2) is 5.72. The number of hydrogen-bond acceptors (Lipinski definition) is 6. The number of nitro groups is 1. The predicted octanol–water partition coefficient (Wildman–Crippen LogP) is 1.91. The van der Waals surface area contributed by atoms with Crippen molar-refractivity contribution in [3.8, 4) is 5.88 Å². The van der Waals surface area contributed by atoms with Gasteiger partial charge in [0.05, 0.1) is 24.1 Å². The van der Waals surface area contributed by atoms with Crippen LogP contribution in [0.4, 0.5) is 18.9 Å². The number of aromatic nitrogens is 1. The van der Waals surface area contributed by atoms with Crippen LogP contribution in [-0.2, 0) is 16.0 Å². The first-order valence-electron chi connectivity index (χ1n) is 5.11. The maximum atomic E-state index is 12.2. The topological polar surface area (TPSA) is 91.6 Å². The van der Waals surface area contributed by atoms with Gasteiger partial charge in [-0.25, -0.2) is 4.98 Å². The van der Waals surface area contributed by atoms with E-state index in [1.165, 1.54) is 6.92 Å². The van der Waals surface area contributed by atoms with Gasteiger partial charge in [-0.3, -0.25) is 14.9 Å². The molecule has 0 unspecified atom stereocenters. The van der Waals surface area contributed by atoms with Gasteiger partial charge in [0.1, 0.15) is 0 Å². The van der Waals surface area contributed by atoms with E-state index in [4.69, 9.17) is 0 Å². The molecule has 0 N–H and O–H groups in total. The Kier molecular flexibility index (Phi) is 4.48. The highest BCUT2D eigenvalue weighted by molar-refractivity contribution is 5.72. The summed E-state index contributed by atoms with van der Waals surface area (Å²) in [7, 11) is 1.09. The van der Waals surface area contributed by atoms with Crippen LogP contribution in [0.2, 0.25) is 0 Å². The first kappa shape index (κ1) is 15.7. The van der Waals surface area contributed by atoms with Gasteiger partial charge >= 0.3 is 23.9 Å². The number of aryl methyl sites for hydroxylation is 1. The van der Waals surface area contributed by atoms with Gasteiger partial charge in [0.15, 0.2) is 0 Å². The number of methoxy groups -OCH3 is 1. The molecule has 0 aliphatic carbocycles. The smallest absolute Gasteiger partial charge is 0.469 e. The van der Waals surface area contributed by atoms with Crippen LogP contribution in [0.15, 0.2) is 6.07 Å². The monoisotopic (exact) mass is 294 g/mol. The van der Waals surface area contributed by atoms with Crippen LogP contribution in [0.25, 0.3) is 0 Å². The molecule has 0 saturated carbocycles. The zero-order valence-corrected chi connectivity index (χ0v) is 10.4. The summed E-state index contributed by atoms with van der Waals surface area (Å²) in [5.74, 6) is -1.95. The summed E-state index contributed by atoms with van der Waals surface area (Å²) in [6, 6.07) is 1.12. The van der Waals surface area contributed by atoms with Crippen molar-refractivity contribution in [2.24, 2.45) is 0 Å². The van der Waals surface area contributed by atoms with E-state index in [0.717, 1.165) is 13.2 Å². The molecule has 1 rings (SSSR count). The summed E-state index contributed by atoms with van der Waals surface area (Å²) < 4.78 is 44.5. The molecule has 0 radical (unpaired) electrons. The molecular formula is C10H9F3N2O5. The number of alkyl halides is 3. The Morgan fingerprint density at radius 1 is 1.50 bits per heavy atom. The van der Waals surface area contributed by atoms with Gasteiger partial charge in [-0.05, 0) is 13.0 Å². The molecule has 1 aromatic heterocycles. The zero-order chi connectivity index (χ0) is 15.5. The van der Waals surface area contributed by atoms with E-state index in [1.54, 1.807) is 0 Å². The molecule has 0 bridgehead atoms. The Morgan fingerprint density at radius 2 is 2.10 bits per heavy atom. The van der Waals surface area contributed by atoms with E-state index in [9.17, 15) is 28.1 Å². The van der Waals surface area contributed by atoms with Crippen molar-refractivity contribution < 1.29 is 32.4 Å². The predicted molar refractivity (Wildman–Crippen MR) is 58.0 cm³/mol. The second-order valence-electron chi connectivity index (χ2n) is 3.64. The fourth-order valence-corrected chi connectivity index (χ4v) is 1.42. The molecule has 1 heterocycles. The molecule has 0 saturated heterocycles. The van der Waals surface area contributed by atoms with Crippen molar-refractivity contribution in [3.63, 3.8) is 0 Å². The molecule has 0 spiro atoms. The van der Waals surface area contributed by atoms with Gasteiger partial charge in [0.2, 0.25) is 0 Å². The minimum atomic E-state index is -5.13. The van der Waals surface area contributed by atoms with E-state index in [2.05, 4.69) is 14.5 Å². The number of esters is 1. The SMILES string of the molecule is COC(=O)Cc1cc(C)c([N+](=O)[O-])c(OC(F)(F)F)n1. The third kappa shape index (κ3) is 4.07. The third-order valence-electron chi connectivity index (χ3n) is 2.15. The van der Waals surface area contributed by atoms with Crippen molar-refractivity contribution in [3.05, 3.63) is 27.4 Å². The first-order chi connectivity index (χ1) is 9.14. The fourth-order valence-electron chi connectivity index (χ4n) is 1.42. The van der Waals surface area contributed by atoms with E-state index >= 15 is 0 Å². The van der Waals surface area contributed by atoms with E-state index in [1.807, 2.05) is 0 Å². The number of carbonyl (C=O) groups excluding carboxylic acids is 1. The standard InChI is InChI=1S/C10H9F3N2O5/c1-5-3-6(4-7(16)19-2)14-9(8(5)15(17)18)20-10(11,12)13/h3H,4H2,1-2H3. The highest BCUT2D eigenvalue weighted by atomic mass is 19.4. The number of halogens is 3. The Balaban J connectivity index is 3.28. The lowest BCUT2D eigenvalue weighted by atomic mass is 10.2. The van der Waals surface area contributed by atoms with Gasteiger partial charge in [0.25, 0.3) is 0 Å². The van der Waals surface area contributed by atoms with Crippen molar-refractivity contribution in [2.75, 3.05) is 7.11 Å². The minimum absolute atomic E-state index is 0.108. The third-order valence-corrected chi connectivity index (χ3v) is 2.15. The maximum Gasteiger partial charge on any atom is 0.574 e. The lowest BCUT2D eigenvalue weighted by Crippen LogP contribution is -2.20. The molecule has 0 aliphatic rings. The lowest BCUT2D eigenvalue weighted by Gasteiger charge is -2.10. The summed E-state index contributed by atoms with van der Waals surface area (Å²) in [6.07, 6.45) is -5.56. The number of carbonyl (C=O) groups is 1. The van der Waals surface area contributed by atoms with Crippen molar-refractivity contribution >= 4 is 11.7 Å². The molecular weight excluding hydrogens is 285 g/mol. The molecule has 0 aliphatic heterocycles. The number of nitrogens with zero attached hydrogens (tertiary/aromatic N) is 2. The molecule has 7 nitrogen and oxygen atoms in total. The maximum absolute atomic E-state index is 12.2. The van der Waals surface area contributed by atoms with Crippen molar-refractivity contribution in [1.29, 1.82) is 0 Å². The van der Waals surface area contributed by atoms with E-state index in [-0.39, 0.29) is 11.3 Å². The Morgan fingerprint density at radius 3 is 2.55 bits per heavy atom. The quantitative estimate of drug-likeness (QED) is 0.478. The lowest BCUT2D eigenvalue weighted by molar-refractivity contribution is -0.389. The molecule has 10 heteroatoms. The van der Waals surface area contributed by atoms with Crippen molar-refractivity contribution in [2.45, 2.75) is 19.7 Å². The van der Waals surface area contributed by atoms with Crippen LogP contribution in [0, 0.1) is 17.0 Å². The summed E-state index contributed by atoms with van der Waals surface area (Å²) in [4.78, 5) is 24.1. The number of pyridine rings is 1. The molecule has 1 aromatic rings. The van der Waals surface area contributed by atoms with Crippen LogP contribution >= 0.6 is 0 Å². The van der Waals surface area contributed by atoms with Gasteiger partial charge in [-0.2, -0.15) is 0 Å². The number of rotatable bonds is 4. The second-order valence-corrected chi connectivity index (χ2v) is 3.64. The Bertz CT molecular complexity index is 544. The van der Waals surface area contributed by atoms with Gasteiger partial charge in [-0.15, -0.1) is 13.2 Å². The fraction of sp³-hybridized carbons (Fsp3) is 0.400. The zero-order valence-electron chi connectivity index (χ0n) is 10.4. The minimum Gasteiger partial charge on any atom is -0.469 e. The molecule has 0 amide bonds. The Labute approximate surface area is 110 Å². The van der Waals surface area contributed by atoms with Gasteiger partial charge < -0.3 is 9.47 Å². The molecule has 20 heavy (non-hydrogen) atoms. The van der Waals surface area contributed by atoms with E-state index < -0.39 is 35.2 Å². The molecule has 0 aromatic carbocycles. The summed E-state index contributed by atoms with van der Waals surface area (Å²) in [6.45, 7) is 1.21. The summed E-state index contributed by atoms with van der Waals surface area (Å²) in [5, 5.41) is 10.7. The molecule has 0 atom stereocenters. The van der Waals surface area contributed by atoms with E-state index in [0.29, 0.717) is 0 Å². The Hall–Kier alpha value is -2.39. The van der Waals surface area contributed by atoms with Crippen LogP contribution in [0.3, 0.4) is 0 Å². The number of ether oxygens (including phenoxy) is 2.